The molecule has 1 amide bonds. The van der Waals surface area contributed by atoms with Gasteiger partial charge in [-0.2, -0.15) is 0 Å². The summed E-state index contributed by atoms with van der Waals surface area (Å²) in [6, 6.07) is 2.00. The van der Waals surface area contributed by atoms with Gasteiger partial charge in [0.25, 0.3) is 0 Å². The maximum absolute atomic E-state index is 11.9. The summed E-state index contributed by atoms with van der Waals surface area (Å²) in [5.41, 5.74) is 6.29. The van der Waals surface area contributed by atoms with Gasteiger partial charge in [0, 0.05) is 35.0 Å². The Bertz CT molecular complexity index is 481. The first-order chi connectivity index (χ1) is 9.29. The van der Waals surface area contributed by atoms with Crippen LogP contribution < -0.4 is 11.1 Å². The van der Waals surface area contributed by atoms with E-state index in [0.29, 0.717) is 26.3 Å². The molecule has 0 saturated carbocycles. The molecule has 0 unspecified atom stereocenters. The highest BCUT2D eigenvalue weighted by atomic mass is 32.1. The van der Waals surface area contributed by atoms with Crippen LogP contribution in [0.4, 0.5) is 0 Å². The molecule has 3 N–H and O–H groups in total. The van der Waals surface area contributed by atoms with Gasteiger partial charge in [0.05, 0.1) is 13.1 Å². The smallest absolute Gasteiger partial charge is 0.223 e. The van der Waals surface area contributed by atoms with Crippen molar-refractivity contribution < 1.29 is 9.53 Å². The van der Waals surface area contributed by atoms with E-state index in [1.807, 2.05) is 11.4 Å². The molecule has 2 rings (SSSR count). The maximum Gasteiger partial charge on any atom is 0.223 e. The Morgan fingerprint density at radius 2 is 2.32 bits per heavy atom. The Labute approximate surface area is 117 Å². The fourth-order valence-electron chi connectivity index (χ4n) is 1.97. The molecule has 1 aromatic rings. The minimum absolute atomic E-state index is 0.102. The van der Waals surface area contributed by atoms with E-state index in [1.54, 1.807) is 11.3 Å². The van der Waals surface area contributed by atoms with Crippen LogP contribution in [0.1, 0.15) is 23.3 Å². The van der Waals surface area contributed by atoms with Gasteiger partial charge in [-0.3, -0.25) is 4.79 Å². The highest BCUT2D eigenvalue weighted by Crippen LogP contribution is 2.16. The van der Waals surface area contributed by atoms with Crippen molar-refractivity contribution in [2.45, 2.75) is 19.4 Å². The number of ether oxygens (including phenoxy) is 1. The zero-order valence-electron chi connectivity index (χ0n) is 10.8. The highest BCUT2D eigenvalue weighted by Gasteiger charge is 2.21. The summed E-state index contributed by atoms with van der Waals surface area (Å²) >= 11 is 1.61. The first kappa shape index (κ1) is 14.1. The summed E-state index contributed by atoms with van der Waals surface area (Å²) in [6.07, 6.45) is 1.65. The number of carbonyl (C=O) groups is 1. The van der Waals surface area contributed by atoms with Crippen LogP contribution in [-0.2, 0) is 16.1 Å². The Morgan fingerprint density at radius 3 is 3.05 bits per heavy atom. The molecule has 0 aromatic carbocycles. The number of amides is 1. The quantitative estimate of drug-likeness (QED) is 0.814. The van der Waals surface area contributed by atoms with Crippen LogP contribution in [0, 0.1) is 17.8 Å². The number of thiophene rings is 1. The summed E-state index contributed by atoms with van der Waals surface area (Å²) in [5, 5.41) is 4.97. The second-order valence-corrected chi connectivity index (χ2v) is 5.41. The molecule has 1 aromatic heterocycles. The van der Waals surface area contributed by atoms with Crippen molar-refractivity contribution in [2.75, 3.05) is 19.8 Å². The topological polar surface area (TPSA) is 64.3 Å². The second-order valence-electron chi connectivity index (χ2n) is 4.41. The Balaban J connectivity index is 1.81. The van der Waals surface area contributed by atoms with Crippen LogP contribution in [0.3, 0.4) is 0 Å². The van der Waals surface area contributed by atoms with Crippen molar-refractivity contribution in [3.8, 4) is 11.8 Å². The van der Waals surface area contributed by atoms with Gasteiger partial charge in [-0.05, 0) is 18.9 Å². The van der Waals surface area contributed by atoms with Gasteiger partial charge in [0.2, 0.25) is 5.91 Å². The summed E-state index contributed by atoms with van der Waals surface area (Å²) in [4.78, 5) is 13.1. The SMILES string of the molecule is NCC#Cc1csc(CNC(=O)C2CCOCC2)c1. The second kappa shape index (κ2) is 7.29. The molecule has 5 heteroatoms. The van der Waals surface area contributed by atoms with Crippen molar-refractivity contribution in [3.63, 3.8) is 0 Å². The van der Waals surface area contributed by atoms with Crippen molar-refractivity contribution in [2.24, 2.45) is 11.7 Å². The zero-order valence-corrected chi connectivity index (χ0v) is 11.6. The van der Waals surface area contributed by atoms with E-state index in [1.165, 1.54) is 0 Å². The Hall–Kier alpha value is -1.35. The average molecular weight is 278 g/mol. The van der Waals surface area contributed by atoms with Gasteiger partial charge in [-0.15, -0.1) is 11.3 Å². The number of hydrogen-bond acceptors (Lipinski definition) is 4. The summed E-state index contributed by atoms with van der Waals surface area (Å²) in [5.74, 6) is 6.03. The van der Waals surface area contributed by atoms with Crippen LogP contribution in [0.25, 0.3) is 0 Å². The number of carbonyl (C=O) groups excluding carboxylic acids is 1. The molecule has 102 valence electrons. The molecule has 1 fully saturated rings. The van der Waals surface area contributed by atoms with E-state index >= 15 is 0 Å². The normalized spacial score (nSPS) is 15.6. The molecular formula is C14H18N2O2S. The van der Waals surface area contributed by atoms with E-state index in [4.69, 9.17) is 10.5 Å². The van der Waals surface area contributed by atoms with Gasteiger partial charge in [0.15, 0.2) is 0 Å². The van der Waals surface area contributed by atoms with Crippen molar-refractivity contribution in [3.05, 3.63) is 21.9 Å². The molecule has 0 atom stereocenters. The van der Waals surface area contributed by atoms with E-state index in [9.17, 15) is 4.79 Å². The lowest BCUT2D eigenvalue weighted by Gasteiger charge is -2.20. The molecule has 0 bridgehead atoms. The van der Waals surface area contributed by atoms with Gasteiger partial charge in [-0.1, -0.05) is 11.8 Å². The molecule has 0 aliphatic carbocycles. The van der Waals surface area contributed by atoms with Crippen molar-refractivity contribution in [1.29, 1.82) is 0 Å². The predicted octanol–water partition coefficient (Wildman–Crippen LogP) is 1.10. The summed E-state index contributed by atoms with van der Waals surface area (Å²) < 4.78 is 5.25. The average Bonchev–Trinajstić information content (AvgIpc) is 2.91. The molecule has 0 radical (unpaired) electrons. The van der Waals surface area contributed by atoms with Crippen LogP contribution in [0.5, 0.6) is 0 Å². The first-order valence-electron chi connectivity index (χ1n) is 6.41. The molecule has 2 heterocycles. The number of nitrogens with two attached hydrogens (primary N) is 1. The predicted molar refractivity (Wildman–Crippen MR) is 75.6 cm³/mol. The lowest BCUT2D eigenvalue weighted by molar-refractivity contribution is -0.128. The Kier molecular flexibility index (Phi) is 5.40. The monoisotopic (exact) mass is 278 g/mol. The van der Waals surface area contributed by atoms with Gasteiger partial charge in [-0.25, -0.2) is 0 Å². The highest BCUT2D eigenvalue weighted by molar-refractivity contribution is 7.10. The molecule has 1 aliphatic rings. The van der Waals surface area contributed by atoms with E-state index in [-0.39, 0.29) is 11.8 Å². The van der Waals surface area contributed by atoms with E-state index in [0.717, 1.165) is 23.3 Å². The van der Waals surface area contributed by atoms with E-state index in [2.05, 4.69) is 17.2 Å². The van der Waals surface area contributed by atoms with Crippen LogP contribution >= 0.6 is 11.3 Å². The largest absolute Gasteiger partial charge is 0.381 e. The van der Waals surface area contributed by atoms with E-state index < -0.39 is 0 Å². The van der Waals surface area contributed by atoms with Crippen molar-refractivity contribution in [1.82, 2.24) is 5.32 Å². The molecule has 19 heavy (non-hydrogen) atoms. The van der Waals surface area contributed by atoms with Gasteiger partial charge in [0.1, 0.15) is 0 Å². The van der Waals surface area contributed by atoms with Crippen molar-refractivity contribution >= 4 is 17.2 Å². The molecule has 0 spiro atoms. The minimum Gasteiger partial charge on any atom is -0.381 e. The number of nitrogens with one attached hydrogen (secondary N) is 1. The minimum atomic E-state index is 0.102. The van der Waals surface area contributed by atoms with Crippen LogP contribution in [-0.4, -0.2) is 25.7 Å². The zero-order chi connectivity index (χ0) is 13.5. The molecule has 4 nitrogen and oxygen atoms in total. The molecule has 1 saturated heterocycles. The molecular weight excluding hydrogens is 260 g/mol. The summed E-state index contributed by atoms with van der Waals surface area (Å²) in [7, 11) is 0. The third kappa shape index (κ3) is 4.35. The number of rotatable bonds is 3. The Morgan fingerprint density at radius 1 is 1.53 bits per heavy atom. The third-order valence-corrected chi connectivity index (χ3v) is 3.95. The van der Waals surface area contributed by atoms with Crippen LogP contribution in [0.15, 0.2) is 11.4 Å². The first-order valence-corrected chi connectivity index (χ1v) is 7.29. The molecule has 1 aliphatic heterocycles. The third-order valence-electron chi connectivity index (χ3n) is 3.02. The fraction of sp³-hybridized carbons (Fsp3) is 0.500. The van der Waals surface area contributed by atoms with Crippen LogP contribution in [0.2, 0.25) is 0 Å². The van der Waals surface area contributed by atoms with Gasteiger partial charge < -0.3 is 15.8 Å². The lowest BCUT2D eigenvalue weighted by Crippen LogP contribution is -2.33. The standard InChI is InChI=1S/C14H18N2O2S/c15-5-1-2-11-8-13(19-10-11)9-16-14(17)12-3-6-18-7-4-12/h8,10,12H,3-7,9,15H2,(H,16,17). The maximum atomic E-state index is 11.9. The fourth-order valence-corrected chi connectivity index (χ4v) is 2.73. The lowest BCUT2D eigenvalue weighted by atomic mass is 9.99. The summed E-state index contributed by atoms with van der Waals surface area (Å²) in [6.45, 7) is 2.32. The number of hydrogen-bond donors (Lipinski definition) is 2. The van der Waals surface area contributed by atoms with Gasteiger partial charge >= 0.3 is 0 Å².